The van der Waals surface area contributed by atoms with Crippen molar-refractivity contribution in [2.24, 2.45) is 0 Å². The maximum Gasteiger partial charge on any atom is 0.104 e. The Bertz CT molecular complexity index is 312. The fraction of sp³-hybridized carbons (Fsp3) is 0.538. The van der Waals surface area contributed by atoms with Crippen molar-refractivity contribution in [1.29, 1.82) is 0 Å². The predicted molar refractivity (Wildman–Crippen MR) is 61.6 cm³/mol. The number of aryl methyl sites for hydroxylation is 1. The van der Waals surface area contributed by atoms with Crippen molar-refractivity contribution in [3.8, 4) is 0 Å². The number of hydrogen-bond donors (Lipinski definition) is 0. The minimum Gasteiger partial charge on any atom is -0.370 e. The lowest BCUT2D eigenvalue weighted by Gasteiger charge is -2.37. The Hall–Kier alpha value is -0.860. The van der Waals surface area contributed by atoms with E-state index in [0.717, 1.165) is 37.3 Å². The van der Waals surface area contributed by atoms with Crippen LogP contribution in [0.4, 0.5) is 0 Å². The van der Waals surface area contributed by atoms with Crippen molar-refractivity contribution in [3.63, 3.8) is 0 Å². The quantitative estimate of drug-likeness (QED) is 0.672. The molecule has 0 aliphatic carbocycles. The second kappa shape index (κ2) is 4.33. The number of ether oxygens (including phenoxy) is 1. The molecule has 0 aromatic heterocycles. The van der Waals surface area contributed by atoms with Gasteiger partial charge in [-0.25, -0.2) is 0 Å². The Morgan fingerprint density at radius 3 is 2.33 bits per heavy atom. The van der Waals surface area contributed by atoms with E-state index in [9.17, 15) is 0 Å². The smallest absolute Gasteiger partial charge is 0.104 e. The number of rotatable bonds is 2. The third-order valence-electron chi connectivity index (χ3n) is 3.24. The van der Waals surface area contributed by atoms with E-state index in [2.05, 4.69) is 38.2 Å². The molecule has 0 bridgehead atoms. The molecular formula is C13H20NO+. The molecule has 15 heavy (non-hydrogen) atoms. The van der Waals surface area contributed by atoms with Gasteiger partial charge in [0, 0.05) is 5.56 Å². The lowest BCUT2D eigenvalue weighted by atomic mass is 10.1. The minimum absolute atomic E-state index is 0.905. The van der Waals surface area contributed by atoms with Gasteiger partial charge >= 0.3 is 0 Å². The Morgan fingerprint density at radius 1 is 1.13 bits per heavy atom. The van der Waals surface area contributed by atoms with E-state index in [-0.39, 0.29) is 0 Å². The predicted octanol–water partition coefficient (Wildman–Crippen LogP) is 1.97. The number of benzene rings is 1. The first-order chi connectivity index (χ1) is 7.18. The molecule has 2 nitrogen and oxygen atoms in total. The highest BCUT2D eigenvalue weighted by Crippen LogP contribution is 2.14. The summed E-state index contributed by atoms with van der Waals surface area (Å²) >= 11 is 0. The molecule has 0 N–H and O–H groups in total. The summed E-state index contributed by atoms with van der Waals surface area (Å²) in [4.78, 5) is 0. The summed E-state index contributed by atoms with van der Waals surface area (Å²) in [6, 6.07) is 8.88. The summed E-state index contributed by atoms with van der Waals surface area (Å²) in [7, 11) is 2.32. The molecule has 0 saturated carbocycles. The largest absolute Gasteiger partial charge is 0.370 e. The molecule has 2 rings (SSSR count). The lowest BCUT2D eigenvalue weighted by molar-refractivity contribution is -0.929. The normalized spacial score (nSPS) is 20.1. The maximum absolute atomic E-state index is 5.41. The third-order valence-corrected chi connectivity index (χ3v) is 3.24. The van der Waals surface area contributed by atoms with Gasteiger partial charge in [0.25, 0.3) is 0 Å². The molecule has 1 aromatic carbocycles. The highest BCUT2D eigenvalue weighted by atomic mass is 16.5. The monoisotopic (exact) mass is 206 g/mol. The highest BCUT2D eigenvalue weighted by Gasteiger charge is 2.25. The molecule has 2 heteroatoms. The molecular weight excluding hydrogens is 186 g/mol. The van der Waals surface area contributed by atoms with Crippen LogP contribution < -0.4 is 0 Å². The molecule has 1 aliphatic rings. The summed E-state index contributed by atoms with van der Waals surface area (Å²) < 4.78 is 6.52. The van der Waals surface area contributed by atoms with E-state index in [1.165, 1.54) is 11.1 Å². The SMILES string of the molecule is Cc1ccc(C[N+]2(C)CCOCC2)cc1. The van der Waals surface area contributed by atoms with Crippen LogP contribution in [0.5, 0.6) is 0 Å². The van der Waals surface area contributed by atoms with Gasteiger partial charge in [-0.1, -0.05) is 29.8 Å². The molecule has 1 aliphatic heterocycles. The second-order valence-electron chi connectivity index (χ2n) is 4.82. The maximum atomic E-state index is 5.41. The van der Waals surface area contributed by atoms with E-state index in [1.54, 1.807) is 0 Å². The Kier molecular flexibility index (Phi) is 3.08. The van der Waals surface area contributed by atoms with Crippen molar-refractivity contribution in [1.82, 2.24) is 0 Å². The molecule has 0 amide bonds. The summed E-state index contributed by atoms with van der Waals surface area (Å²) in [6.45, 7) is 7.34. The molecule has 0 unspecified atom stereocenters. The molecule has 1 heterocycles. The summed E-state index contributed by atoms with van der Waals surface area (Å²) in [6.07, 6.45) is 0. The average molecular weight is 206 g/mol. The van der Waals surface area contributed by atoms with Gasteiger partial charge in [-0.15, -0.1) is 0 Å². The Labute approximate surface area is 92.1 Å². The minimum atomic E-state index is 0.905. The van der Waals surface area contributed by atoms with Crippen molar-refractivity contribution in [2.45, 2.75) is 13.5 Å². The van der Waals surface area contributed by atoms with Crippen LogP contribution in [0.2, 0.25) is 0 Å². The van der Waals surface area contributed by atoms with Crippen LogP contribution >= 0.6 is 0 Å². The van der Waals surface area contributed by atoms with E-state index >= 15 is 0 Å². The van der Waals surface area contributed by atoms with Crippen LogP contribution in [0.25, 0.3) is 0 Å². The average Bonchev–Trinajstić information content (AvgIpc) is 2.22. The van der Waals surface area contributed by atoms with Gasteiger partial charge < -0.3 is 9.22 Å². The van der Waals surface area contributed by atoms with Gasteiger partial charge in [0.05, 0.1) is 20.3 Å². The molecule has 0 spiro atoms. The molecule has 1 fully saturated rings. The van der Waals surface area contributed by atoms with E-state index < -0.39 is 0 Å². The van der Waals surface area contributed by atoms with Gasteiger partial charge in [-0.2, -0.15) is 0 Å². The fourth-order valence-electron chi connectivity index (χ4n) is 2.08. The van der Waals surface area contributed by atoms with Gasteiger partial charge in [-0.3, -0.25) is 0 Å². The number of likely N-dealkylation sites (N-methyl/N-ethyl adjacent to an activating group) is 1. The van der Waals surface area contributed by atoms with Crippen molar-refractivity contribution < 1.29 is 9.22 Å². The topological polar surface area (TPSA) is 9.23 Å². The van der Waals surface area contributed by atoms with E-state index in [1.807, 2.05) is 0 Å². The van der Waals surface area contributed by atoms with E-state index in [4.69, 9.17) is 4.74 Å². The third kappa shape index (κ3) is 2.80. The molecule has 1 saturated heterocycles. The van der Waals surface area contributed by atoms with E-state index in [0.29, 0.717) is 0 Å². The van der Waals surface area contributed by atoms with Gasteiger partial charge in [0.2, 0.25) is 0 Å². The number of hydrogen-bond acceptors (Lipinski definition) is 1. The van der Waals surface area contributed by atoms with Crippen molar-refractivity contribution >= 4 is 0 Å². The first-order valence-electron chi connectivity index (χ1n) is 5.65. The zero-order valence-corrected chi connectivity index (χ0v) is 9.70. The lowest BCUT2D eigenvalue weighted by Crippen LogP contribution is -2.51. The van der Waals surface area contributed by atoms with Crippen LogP contribution in [0.3, 0.4) is 0 Å². The first-order valence-corrected chi connectivity index (χ1v) is 5.65. The van der Waals surface area contributed by atoms with Crippen LogP contribution in [-0.4, -0.2) is 37.8 Å². The number of morpholine rings is 1. The fourth-order valence-corrected chi connectivity index (χ4v) is 2.08. The van der Waals surface area contributed by atoms with Crippen LogP contribution in [0.15, 0.2) is 24.3 Å². The van der Waals surface area contributed by atoms with Gasteiger partial charge in [0.15, 0.2) is 0 Å². The second-order valence-corrected chi connectivity index (χ2v) is 4.82. The van der Waals surface area contributed by atoms with Crippen LogP contribution in [0.1, 0.15) is 11.1 Å². The first kappa shape index (κ1) is 10.7. The highest BCUT2D eigenvalue weighted by molar-refractivity contribution is 5.20. The standard InChI is InChI=1S/C13H20NO/c1-12-3-5-13(6-4-12)11-14(2)7-9-15-10-8-14/h3-6H,7-11H2,1-2H3/q+1. The zero-order chi connectivity index (χ0) is 10.7. The van der Waals surface area contributed by atoms with Crippen molar-refractivity contribution in [3.05, 3.63) is 35.4 Å². The van der Waals surface area contributed by atoms with Crippen LogP contribution in [-0.2, 0) is 11.3 Å². The molecule has 82 valence electrons. The Morgan fingerprint density at radius 2 is 1.73 bits per heavy atom. The summed E-state index contributed by atoms with van der Waals surface area (Å²) in [5.74, 6) is 0. The van der Waals surface area contributed by atoms with Crippen molar-refractivity contribution in [2.75, 3.05) is 33.4 Å². The van der Waals surface area contributed by atoms with Gasteiger partial charge in [0.1, 0.15) is 19.6 Å². The Balaban J connectivity index is 2.03. The zero-order valence-electron chi connectivity index (χ0n) is 9.70. The number of nitrogens with zero attached hydrogens (tertiary/aromatic N) is 1. The number of quaternary nitrogens is 1. The summed E-state index contributed by atoms with van der Waals surface area (Å²) in [5.41, 5.74) is 2.77. The van der Waals surface area contributed by atoms with Crippen LogP contribution in [0, 0.1) is 6.92 Å². The molecule has 1 aromatic rings. The van der Waals surface area contributed by atoms with Gasteiger partial charge in [-0.05, 0) is 6.92 Å². The molecule has 0 radical (unpaired) electrons. The summed E-state index contributed by atoms with van der Waals surface area (Å²) in [5, 5.41) is 0. The molecule has 0 atom stereocenters.